The smallest absolute Gasteiger partial charge is 0.308 e. The largest absolute Gasteiger partial charge is 0.481 e. The summed E-state index contributed by atoms with van der Waals surface area (Å²) < 4.78 is 0. The standard InChI is InChI=1S/C17H22N2O2/c1-3-4-11-19(12-13(2)17(20)21)15-9-5-7-14-8-6-10-18-16(14)15/h5-10,13H,3-4,11-12H2,1-2H3,(H,20,21). The number of carboxylic acids is 1. The molecule has 0 spiro atoms. The van der Waals surface area contributed by atoms with Crippen LogP contribution in [0.2, 0.25) is 0 Å². The summed E-state index contributed by atoms with van der Waals surface area (Å²) in [6, 6.07) is 10.0. The van der Waals surface area contributed by atoms with Crippen molar-refractivity contribution in [3.8, 4) is 0 Å². The lowest BCUT2D eigenvalue weighted by molar-refractivity contribution is -0.140. The first-order chi connectivity index (χ1) is 10.1. The molecule has 1 aromatic carbocycles. The van der Waals surface area contributed by atoms with Crippen molar-refractivity contribution in [2.24, 2.45) is 5.92 Å². The number of unbranched alkanes of at least 4 members (excludes halogenated alkanes) is 1. The molecule has 21 heavy (non-hydrogen) atoms. The van der Waals surface area contributed by atoms with E-state index >= 15 is 0 Å². The van der Waals surface area contributed by atoms with Gasteiger partial charge in [0.1, 0.15) is 0 Å². The van der Waals surface area contributed by atoms with Crippen LogP contribution < -0.4 is 4.90 Å². The molecule has 2 aromatic rings. The van der Waals surface area contributed by atoms with Gasteiger partial charge in [0.2, 0.25) is 0 Å². The molecular weight excluding hydrogens is 264 g/mol. The average molecular weight is 286 g/mol. The van der Waals surface area contributed by atoms with E-state index in [4.69, 9.17) is 0 Å². The van der Waals surface area contributed by atoms with Crippen LogP contribution in [0.15, 0.2) is 36.5 Å². The van der Waals surface area contributed by atoms with Gasteiger partial charge in [0.05, 0.1) is 17.1 Å². The average Bonchev–Trinajstić information content (AvgIpc) is 2.50. The first-order valence-electron chi connectivity index (χ1n) is 7.45. The molecule has 2 rings (SSSR count). The van der Waals surface area contributed by atoms with Gasteiger partial charge in [-0.3, -0.25) is 9.78 Å². The minimum absolute atomic E-state index is 0.402. The SMILES string of the molecule is CCCCN(CC(C)C(=O)O)c1cccc2cccnc12. The second kappa shape index (κ2) is 7.07. The van der Waals surface area contributed by atoms with E-state index in [2.05, 4.69) is 16.8 Å². The number of carbonyl (C=O) groups is 1. The fraction of sp³-hybridized carbons (Fsp3) is 0.412. The fourth-order valence-corrected chi connectivity index (χ4v) is 2.41. The predicted molar refractivity (Wildman–Crippen MR) is 85.7 cm³/mol. The van der Waals surface area contributed by atoms with Crippen molar-refractivity contribution in [1.29, 1.82) is 0 Å². The van der Waals surface area contributed by atoms with Gasteiger partial charge in [0.25, 0.3) is 0 Å². The lowest BCUT2D eigenvalue weighted by Crippen LogP contribution is -2.32. The number of benzene rings is 1. The van der Waals surface area contributed by atoms with E-state index in [0.717, 1.165) is 36.0 Å². The number of hydrogen-bond donors (Lipinski definition) is 1. The molecule has 0 amide bonds. The Hall–Kier alpha value is -2.10. The molecule has 0 bridgehead atoms. The summed E-state index contributed by atoms with van der Waals surface area (Å²) in [5.41, 5.74) is 1.96. The van der Waals surface area contributed by atoms with Crippen LogP contribution in [0.1, 0.15) is 26.7 Å². The second-order valence-corrected chi connectivity index (χ2v) is 5.39. The third-order valence-corrected chi connectivity index (χ3v) is 3.65. The maximum absolute atomic E-state index is 11.2. The summed E-state index contributed by atoms with van der Waals surface area (Å²) in [7, 11) is 0. The van der Waals surface area contributed by atoms with Crippen LogP contribution >= 0.6 is 0 Å². The number of anilines is 1. The molecule has 4 heteroatoms. The molecule has 0 saturated heterocycles. The highest BCUT2D eigenvalue weighted by Gasteiger charge is 2.18. The number of aliphatic carboxylic acids is 1. The van der Waals surface area contributed by atoms with E-state index in [1.54, 1.807) is 13.1 Å². The Morgan fingerprint density at radius 1 is 1.33 bits per heavy atom. The summed E-state index contributed by atoms with van der Waals surface area (Å²) in [5.74, 6) is -1.16. The first kappa shape index (κ1) is 15.3. The third kappa shape index (κ3) is 3.72. The number of hydrogen-bond acceptors (Lipinski definition) is 3. The van der Waals surface area contributed by atoms with Crippen molar-refractivity contribution in [3.05, 3.63) is 36.5 Å². The van der Waals surface area contributed by atoms with Gasteiger partial charge in [-0.2, -0.15) is 0 Å². The number of aromatic nitrogens is 1. The van der Waals surface area contributed by atoms with Crippen molar-refractivity contribution >= 4 is 22.6 Å². The maximum atomic E-state index is 11.2. The number of rotatable bonds is 7. The summed E-state index contributed by atoms with van der Waals surface area (Å²) in [5, 5.41) is 10.3. The Morgan fingerprint density at radius 3 is 2.81 bits per heavy atom. The van der Waals surface area contributed by atoms with E-state index in [-0.39, 0.29) is 0 Å². The van der Waals surface area contributed by atoms with Gasteiger partial charge in [-0.25, -0.2) is 0 Å². The maximum Gasteiger partial charge on any atom is 0.308 e. The van der Waals surface area contributed by atoms with E-state index in [9.17, 15) is 9.90 Å². The van der Waals surface area contributed by atoms with Gasteiger partial charge in [0, 0.05) is 24.7 Å². The van der Waals surface area contributed by atoms with Crippen LogP contribution in [0, 0.1) is 5.92 Å². The van der Waals surface area contributed by atoms with Crippen LogP contribution in [-0.2, 0) is 4.79 Å². The zero-order valence-corrected chi connectivity index (χ0v) is 12.6. The first-order valence-corrected chi connectivity index (χ1v) is 7.45. The highest BCUT2D eigenvalue weighted by molar-refractivity contribution is 5.90. The lowest BCUT2D eigenvalue weighted by atomic mass is 10.1. The normalized spacial score (nSPS) is 12.3. The monoisotopic (exact) mass is 286 g/mol. The van der Waals surface area contributed by atoms with Gasteiger partial charge in [0.15, 0.2) is 0 Å². The zero-order chi connectivity index (χ0) is 15.2. The molecule has 0 fully saturated rings. The Labute approximate surface area is 125 Å². The molecule has 1 N–H and O–H groups in total. The predicted octanol–water partition coefficient (Wildman–Crippen LogP) is 3.56. The second-order valence-electron chi connectivity index (χ2n) is 5.39. The summed E-state index contributed by atoms with van der Waals surface area (Å²) in [4.78, 5) is 17.8. The van der Waals surface area contributed by atoms with Crippen molar-refractivity contribution < 1.29 is 9.90 Å². The minimum atomic E-state index is -0.760. The van der Waals surface area contributed by atoms with Crippen molar-refractivity contribution in [1.82, 2.24) is 4.98 Å². The molecule has 0 aliphatic heterocycles. The quantitative estimate of drug-likeness (QED) is 0.845. The molecule has 1 heterocycles. The van der Waals surface area contributed by atoms with Crippen molar-refractivity contribution in [2.45, 2.75) is 26.7 Å². The van der Waals surface area contributed by atoms with Gasteiger partial charge >= 0.3 is 5.97 Å². The summed E-state index contributed by atoms with van der Waals surface area (Å²) in [6.45, 7) is 5.24. The number of nitrogens with zero attached hydrogens (tertiary/aromatic N) is 2. The molecule has 4 nitrogen and oxygen atoms in total. The molecule has 112 valence electrons. The summed E-state index contributed by atoms with van der Waals surface area (Å²) >= 11 is 0. The fourth-order valence-electron chi connectivity index (χ4n) is 2.41. The summed E-state index contributed by atoms with van der Waals surface area (Å²) in [6.07, 6.45) is 3.90. The molecule has 1 aromatic heterocycles. The number of carboxylic acid groups (broad SMARTS) is 1. The molecular formula is C17H22N2O2. The van der Waals surface area contributed by atoms with Gasteiger partial charge in [-0.1, -0.05) is 38.5 Å². The van der Waals surface area contributed by atoms with E-state index in [1.807, 2.05) is 30.3 Å². The van der Waals surface area contributed by atoms with Crippen molar-refractivity contribution in [2.75, 3.05) is 18.0 Å². The van der Waals surface area contributed by atoms with Crippen LogP contribution in [-0.4, -0.2) is 29.1 Å². The zero-order valence-electron chi connectivity index (χ0n) is 12.6. The molecule has 0 saturated carbocycles. The van der Waals surface area contributed by atoms with Crippen LogP contribution in [0.25, 0.3) is 10.9 Å². The Balaban J connectivity index is 2.35. The van der Waals surface area contributed by atoms with Gasteiger partial charge in [-0.15, -0.1) is 0 Å². The van der Waals surface area contributed by atoms with E-state index in [0.29, 0.717) is 6.54 Å². The van der Waals surface area contributed by atoms with Crippen LogP contribution in [0.4, 0.5) is 5.69 Å². The molecule has 1 unspecified atom stereocenters. The van der Waals surface area contributed by atoms with Gasteiger partial charge < -0.3 is 10.0 Å². The van der Waals surface area contributed by atoms with E-state index < -0.39 is 11.9 Å². The number of para-hydroxylation sites is 1. The number of fused-ring (bicyclic) bond motifs is 1. The molecule has 0 aliphatic carbocycles. The molecule has 0 aliphatic rings. The highest BCUT2D eigenvalue weighted by atomic mass is 16.4. The van der Waals surface area contributed by atoms with Crippen molar-refractivity contribution in [3.63, 3.8) is 0 Å². The van der Waals surface area contributed by atoms with Crippen LogP contribution in [0.3, 0.4) is 0 Å². The molecule has 0 radical (unpaired) electrons. The topological polar surface area (TPSA) is 53.4 Å². The lowest BCUT2D eigenvalue weighted by Gasteiger charge is -2.27. The minimum Gasteiger partial charge on any atom is -0.481 e. The molecule has 1 atom stereocenters. The Morgan fingerprint density at radius 2 is 2.10 bits per heavy atom. The van der Waals surface area contributed by atoms with Crippen LogP contribution in [0.5, 0.6) is 0 Å². The highest BCUT2D eigenvalue weighted by Crippen LogP contribution is 2.25. The Bertz CT molecular complexity index is 607. The van der Waals surface area contributed by atoms with Gasteiger partial charge in [-0.05, 0) is 18.6 Å². The Kier molecular flexibility index (Phi) is 5.14. The number of pyridine rings is 1. The third-order valence-electron chi connectivity index (χ3n) is 3.65. The van der Waals surface area contributed by atoms with E-state index in [1.165, 1.54) is 0 Å².